The van der Waals surface area contributed by atoms with Crippen LogP contribution in [0.2, 0.25) is 0 Å². The summed E-state index contributed by atoms with van der Waals surface area (Å²) in [6.07, 6.45) is 4.34. The number of fused-ring (bicyclic) bond motifs is 1. The molecule has 1 fully saturated rings. The molecule has 3 amide bonds. The van der Waals surface area contributed by atoms with Crippen molar-refractivity contribution >= 4 is 27.7 Å². The number of hydrogen-bond acceptors (Lipinski definition) is 6. The second-order valence-corrected chi connectivity index (χ2v) is 12.9. The fraction of sp³-hybridized carbons (Fsp3) is 0.364. The zero-order valence-electron chi connectivity index (χ0n) is 24.3. The first kappa shape index (κ1) is 30.3. The maximum absolute atomic E-state index is 14.0. The van der Waals surface area contributed by atoms with Crippen molar-refractivity contribution in [3.05, 3.63) is 95.6 Å². The first-order chi connectivity index (χ1) is 20.8. The molecule has 226 valence electrons. The van der Waals surface area contributed by atoms with Crippen LogP contribution < -0.4 is 10.1 Å². The topological polar surface area (TPSA) is 113 Å². The summed E-state index contributed by atoms with van der Waals surface area (Å²) in [7, 11) is -2.40. The highest BCUT2D eigenvalue weighted by Gasteiger charge is 2.40. The average Bonchev–Trinajstić information content (AvgIpc) is 3.60. The van der Waals surface area contributed by atoms with Crippen LogP contribution in [0, 0.1) is 0 Å². The number of amides is 3. The quantitative estimate of drug-likeness (QED) is 0.330. The minimum atomic E-state index is -3.97. The molecule has 1 unspecified atom stereocenters. The molecule has 0 spiro atoms. The molecular weight excluding hydrogens is 566 g/mol. The molecule has 1 aliphatic heterocycles. The van der Waals surface area contributed by atoms with E-state index in [9.17, 15) is 22.8 Å². The van der Waals surface area contributed by atoms with Gasteiger partial charge in [0.1, 0.15) is 16.7 Å². The second kappa shape index (κ2) is 13.4. The van der Waals surface area contributed by atoms with Gasteiger partial charge in [0, 0.05) is 32.0 Å². The van der Waals surface area contributed by atoms with Crippen LogP contribution in [-0.4, -0.2) is 61.1 Å². The van der Waals surface area contributed by atoms with Crippen molar-refractivity contribution in [1.29, 1.82) is 0 Å². The monoisotopic (exact) mass is 603 g/mol. The summed E-state index contributed by atoms with van der Waals surface area (Å²) < 4.78 is 32.3. The van der Waals surface area contributed by atoms with Gasteiger partial charge in [0.2, 0.25) is 11.8 Å². The van der Waals surface area contributed by atoms with Crippen LogP contribution in [-0.2, 0) is 32.6 Å². The van der Waals surface area contributed by atoms with Gasteiger partial charge in [-0.1, -0.05) is 67.4 Å². The van der Waals surface area contributed by atoms with Gasteiger partial charge in [0.05, 0.1) is 12.7 Å². The van der Waals surface area contributed by atoms with E-state index < -0.39 is 22.0 Å². The molecule has 1 saturated carbocycles. The summed E-state index contributed by atoms with van der Waals surface area (Å²) in [6.45, 7) is 0.0320. The molecule has 3 aromatic rings. The van der Waals surface area contributed by atoms with Crippen molar-refractivity contribution in [3.8, 4) is 5.75 Å². The van der Waals surface area contributed by atoms with E-state index in [-0.39, 0.29) is 54.2 Å². The first-order valence-corrected chi connectivity index (χ1v) is 16.1. The lowest BCUT2D eigenvalue weighted by Crippen LogP contribution is -2.52. The lowest BCUT2D eigenvalue weighted by atomic mass is 10.0. The zero-order valence-corrected chi connectivity index (χ0v) is 25.1. The van der Waals surface area contributed by atoms with Crippen molar-refractivity contribution in [2.45, 2.75) is 68.5 Å². The van der Waals surface area contributed by atoms with Crippen LogP contribution in [0.15, 0.2) is 83.8 Å². The fourth-order valence-corrected chi connectivity index (χ4v) is 7.47. The minimum Gasteiger partial charge on any atom is -0.497 e. The van der Waals surface area contributed by atoms with Crippen LogP contribution in [0.25, 0.3) is 0 Å². The number of nitrogens with one attached hydrogen (secondary N) is 1. The van der Waals surface area contributed by atoms with E-state index in [1.165, 1.54) is 12.1 Å². The number of benzene rings is 3. The number of hydrogen-bond donors (Lipinski definition) is 1. The van der Waals surface area contributed by atoms with E-state index >= 15 is 0 Å². The normalized spacial score (nSPS) is 16.5. The highest BCUT2D eigenvalue weighted by Crippen LogP contribution is 2.30. The molecular formula is C33H37N3O6S. The third kappa shape index (κ3) is 6.91. The molecule has 3 aromatic carbocycles. The Labute approximate surface area is 252 Å². The Balaban J connectivity index is 1.38. The Morgan fingerprint density at radius 2 is 1.67 bits per heavy atom. The van der Waals surface area contributed by atoms with Gasteiger partial charge in [-0.3, -0.25) is 14.4 Å². The number of rotatable bonds is 12. The van der Waals surface area contributed by atoms with Gasteiger partial charge in [-0.15, -0.1) is 0 Å². The van der Waals surface area contributed by atoms with E-state index in [4.69, 9.17) is 4.74 Å². The summed E-state index contributed by atoms with van der Waals surface area (Å²) in [6, 6.07) is 22.4. The van der Waals surface area contributed by atoms with Crippen LogP contribution in [0.3, 0.4) is 0 Å². The standard InChI is InChI=1S/C33H37N3O6S/c1-42-27-16-9-13-25(21-27)23-35(29(22-24-11-3-2-4-12-24)32(38)34-26-14-5-6-15-26)31(37)19-10-20-36-33(39)28-17-7-8-18-30(28)43(36,40)41/h2-4,7-9,11-13,16-18,21,26,29H,5-6,10,14-15,19-20,22-23H2,1H3,(H,34,38). The van der Waals surface area contributed by atoms with Gasteiger partial charge in [0.15, 0.2) is 0 Å². The number of nitrogens with zero attached hydrogens (tertiary/aromatic N) is 2. The Morgan fingerprint density at radius 1 is 0.977 bits per heavy atom. The molecule has 1 N–H and O–H groups in total. The van der Waals surface area contributed by atoms with Crippen LogP contribution in [0.1, 0.15) is 60.0 Å². The maximum Gasteiger partial charge on any atom is 0.269 e. The Bertz CT molecular complexity index is 1570. The molecule has 10 heteroatoms. The van der Waals surface area contributed by atoms with Gasteiger partial charge < -0.3 is 15.0 Å². The SMILES string of the molecule is COc1cccc(CN(C(=O)CCCN2C(=O)c3ccccc3S2(=O)=O)C(Cc2ccccc2)C(=O)NC2CCCC2)c1. The summed E-state index contributed by atoms with van der Waals surface area (Å²) in [5.41, 5.74) is 1.86. The lowest BCUT2D eigenvalue weighted by molar-refractivity contribution is -0.141. The van der Waals surface area contributed by atoms with Crippen LogP contribution in [0.5, 0.6) is 5.75 Å². The second-order valence-electron chi connectivity index (χ2n) is 11.1. The summed E-state index contributed by atoms with van der Waals surface area (Å²) in [4.78, 5) is 42.3. The van der Waals surface area contributed by atoms with Crippen molar-refractivity contribution in [2.24, 2.45) is 0 Å². The Hall–Kier alpha value is -4.18. The van der Waals surface area contributed by atoms with E-state index in [1.54, 1.807) is 24.1 Å². The van der Waals surface area contributed by atoms with E-state index in [0.717, 1.165) is 41.1 Å². The van der Waals surface area contributed by atoms with Gasteiger partial charge in [-0.2, -0.15) is 0 Å². The number of ether oxygens (including phenoxy) is 1. The average molecular weight is 604 g/mol. The van der Waals surface area contributed by atoms with Crippen molar-refractivity contribution in [1.82, 2.24) is 14.5 Å². The number of methoxy groups -OCH3 is 1. The predicted octanol–water partition coefficient (Wildman–Crippen LogP) is 4.32. The fourth-order valence-electron chi connectivity index (χ4n) is 5.86. The third-order valence-corrected chi connectivity index (χ3v) is 9.96. The number of sulfonamides is 1. The van der Waals surface area contributed by atoms with Gasteiger partial charge in [-0.25, -0.2) is 12.7 Å². The Kier molecular flexibility index (Phi) is 9.45. The molecule has 2 aliphatic rings. The molecule has 43 heavy (non-hydrogen) atoms. The Morgan fingerprint density at radius 3 is 2.40 bits per heavy atom. The van der Waals surface area contributed by atoms with Gasteiger partial charge in [-0.05, 0) is 54.7 Å². The van der Waals surface area contributed by atoms with Crippen molar-refractivity contribution in [2.75, 3.05) is 13.7 Å². The van der Waals surface area contributed by atoms with Crippen molar-refractivity contribution < 1.29 is 27.5 Å². The van der Waals surface area contributed by atoms with E-state index in [1.807, 2.05) is 54.6 Å². The predicted molar refractivity (Wildman–Crippen MR) is 162 cm³/mol. The maximum atomic E-state index is 14.0. The molecule has 1 atom stereocenters. The number of carbonyl (C=O) groups is 3. The molecule has 0 bridgehead atoms. The smallest absolute Gasteiger partial charge is 0.269 e. The number of carbonyl (C=O) groups excluding carboxylic acids is 3. The van der Waals surface area contributed by atoms with Gasteiger partial charge >= 0.3 is 0 Å². The minimum absolute atomic E-state index is 0.0162. The molecule has 0 radical (unpaired) electrons. The summed E-state index contributed by atoms with van der Waals surface area (Å²) >= 11 is 0. The molecule has 5 rings (SSSR count). The van der Waals surface area contributed by atoms with Gasteiger partial charge in [0.25, 0.3) is 15.9 Å². The van der Waals surface area contributed by atoms with Crippen molar-refractivity contribution in [3.63, 3.8) is 0 Å². The third-order valence-electron chi connectivity index (χ3n) is 8.12. The first-order valence-electron chi connectivity index (χ1n) is 14.7. The highest BCUT2D eigenvalue weighted by molar-refractivity contribution is 7.90. The van der Waals surface area contributed by atoms with E-state index in [2.05, 4.69) is 5.32 Å². The largest absolute Gasteiger partial charge is 0.497 e. The summed E-state index contributed by atoms with van der Waals surface area (Å²) in [5, 5.41) is 3.18. The zero-order chi connectivity index (χ0) is 30.4. The van der Waals surface area contributed by atoms with E-state index in [0.29, 0.717) is 12.2 Å². The van der Waals surface area contributed by atoms with Crippen LogP contribution >= 0.6 is 0 Å². The van der Waals surface area contributed by atoms with Crippen LogP contribution in [0.4, 0.5) is 0 Å². The molecule has 1 aliphatic carbocycles. The molecule has 0 saturated heterocycles. The molecule has 1 heterocycles. The molecule has 0 aromatic heterocycles. The summed E-state index contributed by atoms with van der Waals surface area (Å²) in [5.74, 6) is -0.460. The highest BCUT2D eigenvalue weighted by atomic mass is 32.2. The lowest BCUT2D eigenvalue weighted by Gasteiger charge is -2.32. The molecule has 9 nitrogen and oxygen atoms in total.